The third-order valence-corrected chi connectivity index (χ3v) is 3.29. The van der Waals surface area contributed by atoms with Crippen LogP contribution in [-0.4, -0.2) is 34.7 Å². The molecule has 0 aliphatic heterocycles. The molecule has 0 spiro atoms. The first-order valence-electron chi connectivity index (χ1n) is 7.61. The summed E-state index contributed by atoms with van der Waals surface area (Å²) in [5.74, 6) is 1.23. The summed E-state index contributed by atoms with van der Waals surface area (Å²) in [5, 5.41) is 11.8. The minimum atomic E-state index is -0.837. The van der Waals surface area contributed by atoms with Gasteiger partial charge >= 0.3 is 5.97 Å². The minimum absolute atomic E-state index is 0.102. The van der Waals surface area contributed by atoms with Crippen LogP contribution in [0.15, 0.2) is 11.6 Å². The molecule has 3 nitrogen and oxygen atoms in total. The van der Waals surface area contributed by atoms with E-state index in [1.807, 2.05) is 0 Å². The molecule has 0 amide bonds. The van der Waals surface area contributed by atoms with Crippen molar-refractivity contribution in [1.29, 1.82) is 0 Å². The lowest BCUT2D eigenvalue weighted by Crippen LogP contribution is -2.36. The summed E-state index contributed by atoms with van der Waals surface area (Å²) in [7, 11) is 0. The second-order valence-electron chi connectivity index (χ2n) is 6.02. The summed E-state index contributed by atoms with van der Waals surface area (Å²) in [6.45, 7) is 8.68. The van der Waals surface area contributed by atoms with Crippen LogP contribution < -0.4 is 5.32 Å². The smallest absolute Gasteiger partial charge is 0.330 e. The summed E-state index contributed by atoms with van der Waals surface area (Å²) in [6, 6.07) is 0. The van der Waals surface area contributed by atoms with E-state index in [-0.39, 0.29) is 5.54 Å². The molecule has 0 fully saturated rings. The van der Waals surface area contributed by atoms with E-state index in [0.717, 1.165) is 24.5 Å². The molecular weight excluding hydrogens is 302 g/mol. The Labute approximate surface area is 141 Å². The average molecular weight is 336 g/mol. The van der Waals surface area contributed by atoms with Gasteiger partial charge in [-0.2, -0.15) is 25.3 Å². The minimum Gasteiger partial charge on any atom is -0.478 e. The predicted octanol–water partition coefficient (Wildman–Crippen LogP) is 4.20. The molecule has 0 aliphatic carbocycles. The van der Waals surface area contributed by atoms with Gasteiger partial charge in [-0.3, -0.25) is 0 Å². The molecule has 0 atom stereocenters. The molecule has 0 unspecified atom stereocenters. The van der Waals surface area contributed by atoms with Gasteiger partial charge in [0.1, 0.15) is 0 Å². The van der Waals surface area contributed by atoms with E-state index in [1.165, 1.54) is 25.7 Å². The number of thiol groups is 2. The lowest BCUT2D eigenvalue weighted by Gasteiger charge is -2.19. The van der Waals surface area contributed by atoms with Crippen LogP contribution in [0.2, 0.25) is 0 Å². The van der Waals surface area contributed by atoms with Gasteiger partial charge < -0.3 is 10.4 Å². The Balaban J connectivity index is 0. The highest BCUT2D eigenvalue weighted by Crippen LogP contribution is 2.01. The number of hydrogen-bond acceptors (Lipinski definition) is 4. The fourth-order valence-electron chi connectivity index (χ4n) is 1.40. The average Bonchev–Trinajstić information content (AvgIpc) is 2.39. The molecule has 2 N–H and O–H groups in total. The molecule has 0 saturated carbocycles. The van der Waals surface area contributed by atoms with Gasteiger partial charge in [-0.1, -0.05) is 18.9 Å². The molecular formula is C16H33NO2S2. The van der Waals surface area contributed by atoms with Crippen molar-refractivity contribution in [2.24, 2.45) is 0 Å². The molecule has 0 bridgehead atoms. The van der Waals surface area contributed by atoms with Crippen molar-refractivity contribution in [3.05, 3.63) is 11.6 Å². The first kappa shape index (κ1) is 23.1. The summed E-state index contributed by atoms with van der Waals surface area (Å²) in [4.78, 5) is 10.4. The van der Waals surface area contributed by atoms with Gasteiger partial charge in [-0.25, -0.2) is 4.79 Å². The van der Waals surface area contributed by atoms with Crippen LogP contribution in [0.4, 0.5) is 0 Å². The molecule has 0 radical (unpaired) electrons. The molecule has 0 aromatic heterocycles. The van der Waals surface area contributed by atoms with Crippen molar-refractivity contribution in [3.8, 4) is 0 Å². The number of nitrogens with one attached hydrogen (secondary N) is 1. The summed E-state index contributed by atoms with van der Waals surface area (Å²) in [6.07, 6.45) is 7.67. The number of hydrogen-bond donors (Lipinski definition) is 4. The molecule has 0 heterocycles. The number of carbonyl (C=O) groups is 1. The highest BCUT2D eigenvalue weighted by molar-refractivity contribution is 7.80. The van der Waals surface area contributed by atoms with E-state index in [9.17, 15) is 4.79 Å². The van der Waals surface area contributed by atoms with Crippen LogP contribution in [0, 0.1) is 0 Å². The fraction of sp³-hybridized carbons (Fsp3) is 0.812. The number of carboxylic acid groups (broad SMARTS) is 1. The highest BCUT2D eigenvalue weighted by Gasteiger charge is 2.06. The number of carboxylic acids is 1. The van der Waals surface area contributed by atoms with Crippen molar-refractivity contribution in [2.45, 2.75) is 65.3 Å². The van der Waals surface area contributed by atoms with Gasteiger partial charge in [0.15, 0.2) is 0 Å². The van der Waals surface area contributed by atoms with Crippen LogP contribution in [0.3, 0.4) is 0 Å². The number of rotatable bonds is 9. The monoisotopic (exact) mass is 335 g/mol. The Morgan fingerprint density at radius 2 is 1.57 bits per heavy atom. The van der Waals surface area contributed by atoms with Gasteiger partial charge in [-0.05, 0) is 65.0 Å². The quantitative estimate of drug-likeness (QED) is 0.290. The number of unbranched alkanes of at least 4 members (excludes halogenated alkanes) is 3. The van der Waals surface area contributed by atoms with E-state index < -0.39 is 5.97 Å². The van der Waals surface area contributed by atoms with Crippen LogP contribution in [0.25, 0.3) is 0 Å². The van der Waals surface area contributed by atoms with E-state index >= 15 is 0 Å². The summed E-state index contributed by atoms with van der Waals surface area (Å²) in [5.41, 5.74) is 0.515. The fourth-order valence-corrected chi connectivity index (χ4v) is 1.85. The van der Waals surface area contributed by atoms with Crippen molar-refractivity contribution in [2.75, 3.05) is 18.1 Å². The van der Waals surface area contributed by atoms with Crippen LogP contribution in [-0.2, 0) is 4.79 Å². The van der Waals surface area contributed by atoms with Crippen LogP contribution in [0.1, 0.15) is 59.8 Å². The molecule has 21 heavy (non-hydrogen) atoms. The Kier molecular flexibility index (Phi) is 16.3. The van der Waals surface area contributed by atoms with E-state index in [0.29, 0.717) is 5.57 Å². The SMILES string of the molecule is CC(=CCCNC(C)(C)C)C(=O)O.SCCCCCCS. The molecule has 0 saturated heterocycles. The third kappa shape index (κ3) is 22.3. The Hall–Kier alpha value is -0.130. The maximum absolute atomic E-state index is 10.4. The van der Waals surface area contributed by atoms with Gasteiger partial charge in [-0.15, -0.1) is 0 Å². The van der Waals surface area contributed by atoms with E-state index in [2.05, 4.69) is 51.3 Å². The third-order valence-electron chi connectivity index (χ3n) is 2.65. The normalized spacial score (nSPS) is 11.8. The Morgan fingerprint density at radius 1 is 1.10 bits per heavy atom. The largest absolute Gasteiger partial charge is 0.478 e. The Bertz CT molecular complexity index is 280. The van der Waals surface area contributed by atoms with Gasteiger partial charge in [0, 0.05) is 11.1 Å². The standard InChI is InChI=1S/C10H19NO2.C6H14S2/c1-8(9(12)13)6-5-7-11-10(2,3)4;7-5-3-1-2-4-6-8/h6,11H,5,7H2,1-4H3,(H,12,13);7-8H,1-6H2. The lowest BCUT2D eigenvalue weighted by molar-refractivity contribution is -0.132. The molecule has 5 heteroatoms. The maximum Gasteiger partial charge on any atom is 0.330 e. The summed E-state index contributed by atoms with van der Waals surface area (Å²) < 4.78 is 0. The first-order chi connectivity index (χ1) is 9.74. The summed E-state index contributed by atoms with van der Waals surface area (Å²) >= 11 is 8.21. The molecule has 126 valence electrons. The van der Waals surface area contributed by atoms with Crippen molar-refractivity contribution >= 4 is 31.2 Å². The number of aliphatic carboxylic acids is 1. The van der Waals surface area contributed by atoms with Gasteiger partial charge in [0.25, 0.3) is 0 Å². The predicted molar refractivity (Wildman–Crippen MR) is 99.9 cm³/mol. The first-order valence-corrected chi connectivity index (χ1v) is 8.88. The molecule has 0 aliphatic rings. The van der Waals surface area contributed by atoms with E-state index in [4.69, 9.17) is 5.11 Å². The zero-order valence-electron chi connectivity index (χ0n) is 14.0. The highest BCUT2D eigenvalue weighted by atomic mass is 32.1. The molecule has 0 aromatic rings. The second-order valence-corrected chi connectivity index (χ2v) is 6.91. The van der Waals surface area contributed by atoms with Crippen LogP contribution in [0.5, 0.6) is 0 Å². The zero-order chi connectivity index (χ0) is 16.7. The van der Waals surface area contributed by atoms with Crippen LogP contribution >= 0.6 is 25.3 Å². The zero-order valence-corrected chi connectivity index (χ0v) is 15.8. The van der Waals surface area contributed by atoms with Gasteiger partial charge in [0.2, 0.25) is 0 Å². The lowest BCUT2D eigenvalue weighted by atomic mass is 10.1. The topological polar surface area (TPSA) is 49.3 Å². The van der Waals surface area contributed by atoms with Crippen molar-refractivity contribution in [1.82, 2.24) is 5.32 Å². The Morgan fingerprint density at radius 3 is 1.90 bits per heavy atom. The molecule has 0 aromatic carbocycles. The van der Waals surface area contributed by atoms with E-state index in [1.54, 1.807) is 13.0 Å². The maximum atomic E-state index is 10.4. The van der Waals surface area contributed by atoms with Gasteiger partial charge in [0.05, 0.1) is 0 Å². The van der Waals surface area contributed by atoms with Crippen molar-refractivity contribution in [3.63, 3.8) is 0 Å². The molecule has 0 rings (SSSR count). The second kappa shape index (κ2) is 14.8. The van der Waals surface area contributed by atoms with Crippen molar-refractivity contribution < 1.29 is 9.90 Å².